The molecule has 0 radical (unpaired) electrons. The summed E-state index contributed by atoms with van der Waals surface area (Å²) >= 11 is 1.76. The highest BCUT2D eigenvalue weighted by molar-refractivity contribution is 8.00. The molecule has 0 spiro atoms. The van der Waals surface area contributed by atoms with Gasteiger partial charge < -0.3 is 4.90 Å². The van der Waals surface area contributed by atoms with Gasteiger partial charge in [0.05, 0.1) is 0 Å². The number of β-lactam (4-membered cyclic amide) rings is 1. The van der Waals surface area contributed by atoms with Crippen LogP contribution in [0.5, 0.6) is 0 Å². The fraction of sp³-hybridized carbons (Fsp3) is 0.231. The van der Waals surface area contributed by atoms with Crippen molar-refractivity contribution in [2.24, 2.45) is 4.99 Å². The number of nitrogens with zero attached hydrogens (tertiary/aromatic N) is 2. The molecule has 0 N–H and O–H groups in total. The van der Waals surface area contributed by atoms with Crippen LogP contribution in [0.1, 0.15) is 5.56 Å². The summed E-state index contributed by atoms with van der Waals surface area (Å²) in [6.45, 7) is 0. The minimum atomic E-state index is -0.204. The van der Waals surface area contributed by atoms with E-state index in [1.54, 1.807) is 22.9 Å². The van der Waals surface area contributed by atoms with Gasteiger partial charge in [0.2, 0.25) is 0 Å². The Morgan fingerprint density at radius 1 is 1.35 bits per heavy atom. The summed E-state index contributed by atoms with van der Waals surface area (Å²) in [5.41, 5.74) is 1.04. The van der Waals surface area contributed by atoms with Gasteiger partial charge in [-0.3, -0.25) is 9.79 Å². The van der Waals surface area contributed by atoms with Crippen LogP contribution in [0.2, 0.25) is 0 Å². The number of hydrogen-bond donors (Lipinski definition) is 0. The molecule has 2 atom stereocenters. The van der Waals surface area contributed by atoms with Crippen LogP contribution in [0.25, 0.3) is 0 Å². The number of carbonyl (C=O) groups is 1. The summed E-state index contributed by atoms with van der Waals surface area (Å²) in [5.74, 6) is 1.07. The highest BCUT2D eigenvalue weighted by Crippen LogP contribution is 2.35. The molecule has 86 valence electrons. The summed E-state index contributed by atoms with van der Waals surface area (Å²) < 4.78 is 0. The van der Waals surface area contributed by atoms with Gasteiger partial charge in [0.1, 0.15) is 5.37 Å². The first-order valence-corrected chi connectivity index (χ1v) is 6.60. The van der Waals surface area contributed by atoms with Crippen molar-refractivity contribution in [2.75, 3.05) is 5.75 Å². The van der Waals surface area contributed by atoms with E-state index in [9.17, 15) is 4.79 Å². The van der Waals surface area contributed by atoms with Gasteiger partial charge in [-0.2, -0.15) is 0 Å². The predicted molar refractivity (Wildman–Crippen MR) is 70.1 cm³/mol. The molecular formula is C13H12N2OS. The van der Waals surface area contributed by atoms with E-state index in [2.05, 4.69) is 4.99 Å². The van der Waals surface area contributed by atoms with Crippen molar-refractivity contribution in [3.05, 3.63) is 48.2 Å². The second-order valence-electron chi connectivity index (χ2n) is 3.99. The van der Waals surface area contributed by atoms with Crippen molar-refractivity contribution in [3.63, 3.8) is 0 Å². The summed E-state index contributed by atoms with van der Waals surface area (Å²) in [6, 6.07) is 9.67. The van der Waals surface area contributed by atoms with Crippen LogP contribution < -0.4 is 0 Å². The van der Waals surface area contributed by atoms with E-state index in [1.165, 1.54) is 0 Å². The number of amides is 1. The molecule has 0 aromatic heterocycles. The van der Waals surface area contributed by atoms with Crippen molar-refractivity contribution < 1.29 is 4.79 Å². The minimum absolute atomic E-state index is 0.102. The molecule has 3 nitrogen and oxygen atoms in total. The SMILES string of the molecule is O=C1C(N=Cc2ccccc2)[C@H]2SCC=CN12. The lowest BCUT2D eigenvalue weighted by atomic mass is 10.1. The Labute approximate surface area is 104 Å². The lowest BCUT2D eigenvalue weighted by Gasteiger charge is -2.44. The van der Waals surface area contributed by atoms with Gasteiger partial charge >= 0.3 is 0 Å². The number of aliphatic imine (C=N–C) groups is 1. The van der Waals surface area contributed by atoms with Crippen LogP contribution in [-0.4, -0.2) is 34.2 Å². The number of benzene rings is 1. The third-order valence-electron chi connectivity index (χ3n) is 2.86. The fourth-order valence-electron chi connectivity index (χ4n) is 1.95. The van der Waals surface area contributed by atoms with E-state index in [1.807, 2.05) is 42.6 Å². The minimum Gasteiger partial charge on any atom is -0.302 e. The zero-order valence-corrected chi connectivity index (χ0v) is 10.0. The lowest BCUT2D eigenvalue weighted by Crippen LogP contribution is -2.60. The monoisotopic (exact) mass is 244 g/mol. The number of carbonyl (C=O) groups excluding carboxylic acids is 1. The summed E-state index contributed by atoms with van der Waals surface area (Å²) in [7, 11) is 0. The Kier molecular flexibility index (Phi) is 2.73. The zero-order chi connectivity index (χ0) is 11.7. The quantitative estimate of drug-likeness (QED) is 0.588. The Balaban J connectivity index is 1.73. The van der Waals surface area contributed by atoms with E-state index in [-0.39, 0.29) is 17.3 Å². The lowest BCUT2D eigenvalue weighted by molar-refractivity contribution is -0.139. The molecule has 0 bridgehead atoms. The highest BCUT2D eigenvalue weighted by Gasteiger charge is 2.47. The standard InChI is InChI=1S/C13H12N2OS/c16-12-11(13-15(12)7-4-8-17-13)14-9-10-5-2-1-3-6-10/h1-7,9,11,13H,8H2/t11?,13-/m1/s1. The third-order valence-corrected chi connectivity index (χ3v) is 4.08. The fourth-order valence-corrected chi connectivity index (χ4v) is 3.05. The van der Waals surface area contributed by atoms with E-state index >= 15 is 0 Å². The van der Waals surface area contributed by atoms with Gasteiger partial charge in [0.15, 0.2) is 6.04 Å². The maximum Gasteiger partial charge on any atom is 0.255 e. The molecule has 1 fully saturated rings. The molecule has 1 aromatic rings. The van der Waals surface area contributed by atoms with Crippen molar-refractivity contribution in [1.29, 1.82) is 0 Å². The Morgan fingerprint density at radius 2 is 2.18 bits per heavy atom. The van der Waals surface area contributed by atoms with Crippen LogP contribution in [-0.2, 0) is 4.79 Å². The topological polar surface area (TPSA) is 32.7 Å². The first-order valence-electron chi connectivity index (χ1n) is 5.55. The highest BCUT2D eigenvalue weighted by atomic mass is 32.2. The zero-order valence-electron chi connectivity index (χ0n) is 9.19. The molecule has 0 saturated carbocycles. The number of thioether (sulfide) groups is 1. The third kappa shape index (κ3) is 1.89. The first kappa shape index (κ1) is 10.6. The van der Waals surface area contributed by atoms with Crippen molar-refractivity contribution in [1.82, 2.24) is 4.90 Å². The molecule has 17 heavy (non-hydrogen) atoms. The number of hydrogen-bond acceptors (Lipinski definition) is 3. The van der Waals surface area contributed by atoms with E-state index in [4.69, 9.17) is 0 Å². The maximum atomic E-state index is 11.8. The second kappa shape index (κ2) is 4.37. The van der Waals surface area contributed by atoms with Crippen LogP contribution >= 0.6 is 11.8 Å². The van der Waals surface area contributed by atoms with Crippen LogP contribution in [0, 0.1) is 0 Å². The Bertz CT molecular complexity index is 483. The van der Waals surface area contributed by atoms with E-state index in [0.29, 0.717) is 0 Å². The van der Waals surface area contributed by atoms with Crippen LogP contribution in [0.3, 0.4) is 0 Å². The van der Waals surface area contributed by atoms with E-state index < -0.39 is 0 Å². The van der Waals surface area contributed by atoms with Crippen LogP contribution in [0.15, 0.2) is 47.6 Å². The van der Waals surface area contributed by atoms with E-state index in [0.717, 1.165) is 11.3 Å². The summed E-state index contributed by atoms with van der Waals surface area (Å²) in [4.78, 5) is 17.9. The van der Waals surface area contributed by atoms with Crippen molar-refractivity contribution in [2.45, 2.75) is 11.4 Å². The van der Waals surface area contributed by atoms with Gasteiger partial charge in [0.25, 0.3) is 5.91 Å². The smallest absolute Gasteiger partial charge is 0.255 e. The largest absolute Gasteiger partial charge is 0.302 e. The molecule has 3 rings (SSSR count). The molecule has 1 aromatic carbocycles. The molecule has 4 heteroatoms. The van der Waals surface area contributed by atoms with Gasteiger partial charge in [-0.15, -0.1) is 11.8 Å². The molecule has 0 aliphatic carbocycles. The molecule has 2 aliphatic rings. The molecule has 1 unspecified atom stereocenters. The molecular weight excluding hydrogens is 232 g/mol. The summed E-state index contributed by atoms with van der Waals surface area (Å²) in [5, 5.41) is 0.201. The normalized spacial score (nSPS) is 27.1. The van der Waals surface area contributed by atoms with Crippen molar-refractivity contribution in [3.8, 4) is 0 Å². The number of fused-ring (bicyclic) bond motifs is 1. The van der Waals surface area contributed by atoms with Gasteiger partial charge in [-0.1, -0.05) is 36.4 Å². The maximum absolute atomic E-state index is 11.8. The Hall–Kier alpha value is -1.55. The summed E-state index contributed by atoms with van der Waals surface area (Å²) in [6.07, 6.45) is 5.67. The second-order valence-corrected chi connectivity index (χ2v) is 5.14. The molecule has 2 aliphatic heterocycles. The average molecular weight is 244 g/mol. The van der Waals surface area contributed by atoms with Crippen LogP contribution in [0.4, 0.5) is 0 Å². The van der Waals surface area contributed by atoms with Gasteiger partial charge in [0, 0.05) is 18.2 Å². The predicted octanol–water partition coefficient (Wildman–Crippen LogP) is 1.90. The average Bonchev–Trinajstić information content (AvgIpc) is 2.40. The van der Waals surface area contributed by atoms with Gasteiger partial charge in [-0.05, 0) is 5.56 Å². The molecule has 2 heterocycles. The molecule has 1 saturated heterocycles. The Morgan fingerprint density at radius 3 is 3.00 bits per heavy atom. The molecule has 1 amide bonds. The first-order chi connectivity index (χ1) is 8.36. The number of rotatable bonds is 2. The van der Waals surface area contributed by atoms with Gasteiger partial charge in [-0.25, -0.2) is 0 Å². The van der Waals surface area contributed by atoms with Crippen molar-refractivity contribution >= 4 is 23.9 Å².